The number of benzene rings is 4. The zero-order chi connectivity index (χ0) is 20.3. The van der Waals surface area contributed by atoms with Crippen molar-refractivity contribution >= 4 is 29.2 Å². The Hall–Kier alpha value is -3.50. The second kappa shape index (κ2) is 8.09. The van der Waals surface area contributed by atoms with Crippen LogP contribution in [0.3, 0.4) is 0 Å². The van der Waals surface area contributed by atoms with Crippen molar-refractivity contribution in [2.45, 2.75) is 15.9 Å². The van der Waals surface area contributed by atoms with Crippen LogP contribution in [0.15, 0.2) is 119 Å². The molecule has 1 amide bonds. The molecule has 0 atom stereocenters. The maximum Gasteiger partial charge on any atom is 0.419 e. The number of carbonyl (C=O) groups is 1. The third-order valence-corrected chi connectivity index (χ3v) is 6.17. The lowest BCUT2D eigenvalue weighted by atomic mass is 10.0. The molecule has 5 rings (SSSR count). The highest BCUT2D eigenvalue weighted by Gasteiger charge is 2.31. The summed E-state index contributed by atoms with van der Waals surface area (Å²) in [6, 6.07) is 35.5. The monoisotopic (exact) mass is 409 g/mol. The van der Waals surface area contributed by atoms with Crippen molar-refractivity contribution in [1.29, 1.82) is 0 Å². The van der Waals surface area contributed by atoms with Crippen LogP contribution in [0, 0.1) is 0 Å². The largest absolute Gasteiger partial charge is 0.436 e. The summed E-state index contributed by atoms with van der Waals surface area (Å²) in [5.74, 6) is 0. The minimum Gasteiger partial charge on any atom is -0.436 e. The van der Waals surface area contributed by atoms with Crippen molar-refractivity contribution in [3.63, 3.8) is 0 Å². The smallest absolute Gasteiger partial charge is 0.419 e. The maximum absolute atomic E-state index is 13.6. The Kier molecular flexibility index (Phi) is 4.99. The molecule has 4 aromatic rings. The van der Waals surface area contributed by atoms with Crippen LogP contribution in [0.1, 0.15) is 17.2 Å². The number of hydrogen-bond acceptors (Lipinski definition) is 3. The molecule has 0 N–H and O–H groups in total. The summed E-state index contributed by atoms with van der Waals surface area (Å²) in [4.78, 5) is 17.3. The fourth-order valence-electron chi connectivity index (χ4n) is 3.64. The van der Waals surface area contributed by atoms with Gasteiger partial charge in [-0.1, -0.05) is 96.7 Å². The van der Waals surface area contributed by atoms with Gasteiger partial charge in [-0.15, -0.1) is 0 Å². The lowest BCUT2D eigenvalue weighted by Crippen LogP contribution is -2.30. The maximum atomic E-state index is 13.6. The highest BCUT2D eigenvalue weighted by molar-refractivity contribution is 7.99. The Morgan fingerprint density at radius 3 is 1.57 bits per heavy atom. The second-order valence-electron chi connectivity index (χ2n) is 6.96. The lowest BCUT2D eigenvalue weighted by Gasteiger charge is -2.31. The van der Waals surface area contributed by atoms with Gasteiger partial charge >= 0.3 is 6.09 Å². The van der Waals surface area contributed by atoms with Gasteiger partial charge < -0.3 is 4.74 Å². The van der Waals surface area contributed by atoms with E-state index in [0.717, 1.165) is 32.3 Å². The third-order valence-electron chi connectivity index (χ3n) is 5.04. The first-order valence-corrected chi connectivity index (χ1v) is 10.6. The average Bonchev–Trinajstić information content (AvgIpc) is 2.82. The molecule has 1 aliphatic rings. The molecular weight excluding hydrogens is 390 g/mol. The van der Waals surface area contributed by atoms with Crippen molar-refractivity contribution in [1.82, 2.24) is 0 Å². The van der Waals surface area contributed by atoms with Crippen LogP contribution in [0.5, 0.6) is 0 Å². The highest BCUT2D eigenvalue weighted by Crippen LogP contribution is 2.48. The van der Waals surface area contributed by atoms with Crippen LogP contribution in [-0.2, 0) is 4.74 Å². The number of hydrogen-bond donors (Lipinski definition) is 0. The molecule has 30 heavy (non-hydrogen) atoms. The first-order chi connectivity index (χ1) is 14.8. The molecule has 0 spiro atoms. The summed E-state index contributed by atoms with van der Waals surface area (Å²) < 4.78 is 6.15. The van der Waals surface area contributed by atoms with E-state index in [1.165, 1.54) is 0 Å². The van der Waals surface area contributed by atoms with Gasteiger partial charge in [0, 0.05) is 9.79 Å². The molecule has 3 nitrogen and oxygen atoms in total. The molecule has 0 radical (unpaired) electrons. The Morgan fingerprint density at radius 2 is 1.07 bits per heavy atom. The minimum absolute atomic E-state index is 0.395. The number of rotatable bonds is 3. The Labute approximate surface area is 179 Å². The van der Waals surface area contributed by atoms with Crippen molar-refractivity contribution in [2.24, 2.45) is 0 Å². The van der Waals surface area contributed by atoms with Gasteiger partial charge in [0.05, 0.1) is 11.4 Å². The van der Waals surface area contributed by atoms with Gasteiger partial charge in [-0.25, -0.2) is 9.69 Å². The molecule has 146 valence electrons. The predicted molar refractivity (Wildman–Crippen MR) is 120 cm³/mol. The Morgan fingerprint density at radius 1 is 0.633 bits per heavy atom. The molecule has 0 unspecified atom stereocenters. The van der Waals surface area contributed by atoms with Gasteiger partial charge in [-0.2, -0.15) is 0 Å². The van der Waals surface area contributed by atoms with Gasteiger partial charge in [-0.05, 0) is 35.4 Å². The summed E-state index contributed by atoms with van der Waals surface area (Å²) >= 11 is 1.67. The van der Waals surface area contributed by atoms with Crippen LogP contribution < -0.4 is 4.90 Å². The van der Waals surface area contributed by atoms with Crippen LogP contribution in [-0.4, -0.2) is 6.09 Å². The molecule has 1 heterocycles. The zero-order valence-electron chi connectivity index (χ0n) is 16.1. The first-order valence-electron chi connectivity index (χ1n) is 9.78. The fourth-order valence-corrected chi connectivity index (χ4v) is 4.70. The Balaban J connectivity index is 1.56. The average molecular weight is 410 g/mol. The number of nitrogens with zero attached hydrogens (tertiary/aromatic N) is 1. The van der Waals surface area contributed by atoms with Gasteiger partial charge in [0.25, 0.3) is 0 Å². The van der Waals surface area contributed by atoms with Crippen LogP contribution >= 0.6 is 11.8 Å². The third kappa shape index (κ3) is 3.46. The molecule has 0 aliphatic carbocycles. The molecule has 0 saturated heterocycles. The van der Waals surface area contributed by atoms with E-state index < -0.39 is 12.2 Å². The van der Waals surface area contributed by atoms with Gasteiger partial charge in [0.1, 0.15) is 0 Å². The molecule has 4 heteroatoms. The summed E-state index contributed by atoms with van der Waals surface area (Å²) in [6.07, 6.45) is -0.887. The molecule has 0 bridgehead atoms. The number of ether oxygens (including phenoxy) is 1. The summed E-state index contributed by atoms with van der Waals surface area (Å²) in [6.45, 7) is 0. The minimum atomic E-state index is -0.492. The van der Waals surface area contributed by atoms with Gasteiger partial charge in [0.15, 0.2) is 6.10 Å². The summed E-state index contributed by atoms with van der Waals surface area (Å²) in [5.41, 5.74) is 3.55. The lowest BCUT2D eigenvalue weighted by molar-refractivity contribution is 0.126. The van der Waals surface area contributed by atoms with Gasteiger partial charge in [-0.3, -0.25) is 0 Å². The van der Waals surface area contributed by atoms with E-state index in [2.05, 4.69) is 0 Å². The van der Waals surface area contributed by atoms with E-state index in [1.807, 2.05) is 109 Å². The van der Waals surface area contributed by atoms with E-state index in [4.69, 9.17) is 4.74 Å². The van der Waals surface area contributed by atoms with E-state index in [9.17, 15) is 4.79 Å². The number of para-hydroxylation sites is 2. The topological polar surface area (TPSA) is 29.5 Å². The van der Waals surface area contributed by atoms with Crippen molar-refractivity contribution in [3.8, 4) is 0 Å². The molecular formula is C26H19NO2S. The number of amides is 1. The zero-order valence-corrected chi connectivity index (χ0v) is 17.0. The van der Waals surface area contributed by atoms with Crippen molar-refractivity contribution in [3.05, 3.63) is 120 Å². The molecule has 0 fully saturated rings. The summed E-state index contributed by atoms with van der Waals surface area (Å²) in [7, 11) is 0. The van der Waals surface area contributed by atoms with Crippen LogP contribution in [0.25, 0.3) is 0 Å². The molecule has 0 saturated carbocycles. The van der Waals surface area contributed by atoms with E-state index in [-0.39, 0.29) is 0 Å². The molecule has 1 aliphatic heterocycles. The number of fused-ring (bicyclic) bond motifs is 2. The SMILES string of the molecule is O=C(OC(c1ccccc1)c1ccccc1)N1c2ccccc2Sc2ccccc21. The number of carbonyl (C=O) groups excluding carboxylic acids is 1. The van der Waals surface area contributed by atoms with Crippen molar-refractivity contribution < 1.29 is 9.53 Å². The van der Waals surface area contributed by atoms with E-state index >= 15 is 0 Å². The van der Waals surface area contributed by atoms with Crippen LogP contribution in [0.4, 0.5) is 16.2 Å². The van der Waals surface area contributed by atoms with E-state index in [1.54, 1.807) is 16.7 Å². The van der Waals surface area contributed by atoms with Crippen LogP contribution in [0.2, 0.25) is 0 Å². The second-order valence-corrected chi connectivity index (χ2v) is 8.04. The quantitative estimate of drug-likeness (QED) is 0.358. The fraction of sp³-hybridized carbons (Fsp3) is 0.0385. The molecule has 4 aromatic carbocycles. The first kappa shape index (κ1) is 18.5. The number of anilines is 2. The summed E-state index contributed by atoms with van der Waals surface area (Å²) in [5, 5.41) is 0. The normalized spacial score (nSPS) is 12.2. The molecule has 0 aromatic heterocycles. The van der Waals surface area contributed by atoms with E-state index in [0.29, 0.717) is 0 Å². The van der Waals surface area contributed by atoms with Crippen molar-refractivity contribution in [2.75, 3.05) is 4.90 Å². The van der Waals surface area contributed by atoms with Gasteiger partial charge in [0.2, 0.25) is 0 Å². The Bertz CT molecular complexity index is 1090. The highest BCUT2D eigenvalue weighted by atomic mass is 32.2. The predicted octanol–water partition coefficient (Wildman–Crippen LogP) is 7.22. The standard InChI is InChI=1S/C26H19NO2S/c28-26(29-25(19-11-3-1-4-12-19)20-13-5-2-6-14-20)27-21-15-7-9-17-23(21)30-24-18-10-8-16-22(24)27/h1-18,25H.